The van der Waals surface area contributed by atoms with Crippen LogP contribution in [0.15, 0.2) is 0 Å². The summed E-state index contributed by atoms with van der Waals surface area (Å²) in [6.45, 7) is 0. The van der Waals surface area contributed by atoms with E-state index in [0.29, 0.717) is 12.8 Å². The third kappa shape index (κ3) is 3.77. The van der Waals surface area contributed by atoms with Gasteiger partial charge in [0.15, 0.2) is 0 Å². The molecular formula is C7H14F2O. The van der Waals surface area contributed by atoms with Crippen LogP contribution in [0.5, 0.6) is 0 Å². The second-order valence-corrected chi connectivity index (χ2v) is 2.42. The molecule has 1 aliphatic carbocycles. The molecule has 0 aromatic carbocycles. The Kier molecular flexibility index (Phi) is 4.52. The fourth-order valence-electron chi connectivity index (χ4n) is 1.07. The van der Waals surface area contributed by atoms with Crippen molar-refractivity contribution in [3.63, 3.8) is 0 Å². The van der Waals surface area contributed by atoms with Gasteiger partial charge in [-0.15, -0.1) is 0 Å². The number of hydrogen-bond donors (Lipinski definition) is 1. The van der Waals surface area contributed by atoms with Crippen LogP contribution in [-0.2, 0) is 0 Å². The van der Waals surface area contributed by atoms with E-state index in [2.05, 4.69) is 0 Å². The average molecular weight is 152 g/mol. The molecule has 0 aromatic rings. The van der Waals surface area contributed by atoms with E-state index in [1.807, 2.05) is 0 Å². The summed E-state index contributed by atoms with van der Waals surface area (Å²) in [7, 11) is 1.00. The molecule has 0 aliphatic heterocycles. The summed E-state index contributed by atoms with van der Waals surface area (Å²) in [6, 6.07) is 0. The molecule has 1 saturated carbocycles. The molecule has 1 N–H and O–H groups in total. The van der Waals surface area contributed by atoms with Gasteiger partial charge in [0, 0.05) is 20.0 Å². The van der Waals surface area contributed by atoms with E-state index in [4.69, 9.17) is 5.11 Å². The van der Waals surface area contributed by atoms with Gasteiger partial charge in [-0.25, -0.2) is 8.78 Å². The van der Waals surface area contributed by atoms with E-state index in [9.17, 15) is 8.78 Å². The minimum atomic E-state index is -2.32. The molecule has 1 aliphatic rings. The smallest absolute Gasteiger partial charge is 0.248 e. The highest BCUT2D eigenvalue weighted by Gasteiger charge is 2.30. The lowest BCUT2D eigenvalue weighted by Gasteiger charge is -2.20. The van der Waals surface area contributed by atoms with Crippen molar-refractivity contribution in [2.24, 2.45) is 0 Å². The number of aliphatic hydroxyl groups is 1. The molecule has 1 nitrogen and oxygen atoms in total. The fraction of sp³-hybridized carbons (Fsp3) is 1.00. The van der Waals surface area contributed by atoms with E-state index >= 15 is 0 Å². The third-order valence-electron chi connectivity index (χ3n) is 1.59. The number of aliphatic hydroxyl groups excluding tert-OH is 1. The molecule has 0 amide bonds. The maximum Gasteiger partial charge on any atom is 0.248 e. The largest absolute Gasteiger partial charge is 0.400 e. The predicted molar refractivity (Wildman–Crippen MR) is 36.2 cm³/mol. The van der Waals surface area contributed by atoms with Crippen molar-refractivity contribution in [1.29, 1.82) is 0 Å². The Labute approximate surface area is 60.1 Å². The monoisotopic (exact) mass is 152 g/mol. The molecule has 0 heterocycles. The van der Waals surface area contributed by atoms with Crippen molar-refractivity contribution in [3.8, 4) is 0 Å². The van der Waals surface area contributed by atoms with Crippen molar-refractivity contribution >= 4 is 0 Å². The maximum absolute atomic E-state index is 12.2. The minimum Gasteiger partial charge on any atom is -0.400 e. The molecule has 0 saturated heterocycles. The lowest BCUT2D eigenvalue weighted by molar-refractivity contribution is -0.0337. The minimum absolute atomic E-state index is 0.118. The third-order valence-corrected chi connectivity index (χ3v) is 1.59. The Balaban J connectivity index is 0.000000371. The molecule has 1 fully saturated rings. The lowest BCUT2D eigenvalue weighted by Crippen LogP contribution is -2.18. The molecular weight excluding hydrogens is 138 g/mol. The van der Waals surface area contributed by atoms with Crippen molar-refractivity contribution in [2.75, 3.05) is 7.11 Å². The van der Waals surface area contributed by atoms with Gasteiger partial charge in [0.2, 0.25) is 5.92 Å². The van der Waals surface area contributed by atoms with Crippen LogP contribution >= 0.6 is 0 Å². The van der Waals surface area contributed by atoms with Crippen LogP contribution in [0.4, 0.5) is 8.78 Å². The average Bonchev–Trinajstić information content (AvgIpc) is 1.92. The van der Waals surface area contributed by atoms with E-state index < -0.39 is 5.92 Å². The van der Waals surface area contributed by atoms with E-state index in [-0.39, 0.29) is 12.8 Å². The molecule has 0 unspecified atom stereocenters. The van der Waals surface area contributed by atoms with E-state index in [1.54, 1.807) is 0 Å². The Morgan fingerprint density at radius 2 is 1.40 bits per heavy atom. The molecule has 0 spiro atoms. The topological polar surface area (TPSA) is 20.2 Å². The summed E-state index contributed by atoms with van der Waals surface area (Å²) in [4.78, 5) is 0. The highest BCUT2D eigenvalue weighted by atomic mass is 19.3. The van der Waals surface area contributed by atoms with Crippen LogP contribution in [0.3, 0.4) is 0 Å². The number of alkyl halides is 2. The van der Waals surface area contributed by atoms with Gasteiger partial charge in [0.1, 0.15) is 0 Å². The second-order valence-electron chi connectivity index (χ2n) is 2.42. The Hall–Kier alpha value is -0.180. The van der Waals surface area contributed by atoms with Crippen molar-refractivity contribution in [1.82, 2.24) is 0 Å². The zero-order chi connectivity index (χ0) is 8.04. The Morgan fingerprint density at radius 1 is 1.00 bits per heavy atom. The molecule has 62 valence electrons. The summed E-state index contributed by atoms with van der Waals surface area (Å²) in [5, 5.41) is 7.00. The van der Waals surface area contributed by atoms with Crippen LogP contribution in [-0.4, -0.2) is 18.1 Å². The maximum atomic E-state index is 12.2. The highest BCUT2D eigenvalue weighted by Crippen LogP contribution is 2.32. The predicted octanol–water partition coefficient (Wildman–Crippen LogP) is 2.19. The highest BCUT2D eigenvalue weighted by molar-refractivity contribution is 4.70. The van der Waals surface area contributed by atoms with Crippen LogP contribution < -0.4 is 0 Å². The zero-order valence-corrected chi connectivity index (χ0v) is 6.24. The van der Waals surface area contributed by atoms with E-state index in [0.717, 1.165) is 13.5 Å². The Bertz CT molecular complexity index is 75.7. The molecule has 1 rings (SSSR count). The van der Waals surface area contributed by atoms with Crippen molar-refractivity contribution in [3.05, 3.63) is 0 Å². The van der Waals surface area contributed by atoms with Gasteiger partial charge < -0.3 is 5.11 Å². The summed E-state index contributed by atoms with van der Waals surface area (Å²) in [5.74, 6) is -2.32. The standard InChI is InChI=1S/C6H10F2.CH4O/c7-6(8)4-2-1-3-5-6;1-2/h1-5H2;2H,1H3. The first-order valence-electron chi connectivity index (χ1n) is 3.53. The van der Waals surface area contributed by atoms with Gasteiger partial charge in [0.25, 0.3) is 0 Å². The number of hydrogen-bond acceptors (Lipinski definition) is 1. The molecule has 3 heteroatoms. The van der Waals surface area contributed by atoms with Crippen LogP contribution in [0.25, 0.3) is 0 Å². The fourth-order valence-corrected chi connectivity index (χ4v) is 1.07. The van der Waals surface area contributed by atoms with Crippen LogP contribution in [0, 0.1) is 0 Å². The molecule has 0 atom stereocenters. The second kappa shape index (κ2) is 4.61. The van der Waals surface area contributed by atoms with Gasteiger partial charge in [-0.1, -0.05) is 6.42 Å². The first kappa shape index (κ1) is 9.82. The van der Waals surface area contributed by atoms with Crippen molar-refractivity contribution in [2.45, 2.75) is 38.0 Å². The molecule has 0 aromatic heterocycles. The Morgan fingerprint density at radius 3 is 1.60 bits per heavy atom. The molecule has 0 radical (unpaired) electrons. The van der Waals surface area contributed by atoms with Gasteiger partial charge in [-0.05, 0) is 12.8 Å². The summed E-state index contributed by atoms with van der Waals surface area (Å²) in [6.07, 6.45) is 2.66. The van der Waals surface area contributed by atoms with Crippen LogP contribution in [0.1, 0.15) is 32.1 Å². The summed E-state index contributed by atoms with van der Waals surface area (Å²) >= 11 is 0. The molecule has 10 heavy (non-hydrogen) atoms. The first-order valence-corrected chi connectivity index (χ1v) is 3.53. The normalized spacial score (nSPS) is 22.8. The molecule has 0 bridgehead atoms. The van der Waals surface area contributed by atoms with E-state index in [1.165, 1.54) is 0 Å². The van der Waals surface area contributed by atoms with Crippen molar-refractivity contribution < 1.29 is 13.9 Å². The van der Waals surface area contributed by atoms with Gasteiger partial charge in [0.05, 0.1) is 0 Å². The SMILES string of the molecule is CO.FC1(F)CCCCC1. The lowest BCUT2D eigenvalue weighted by atomic mass is 9.97. The number of halogens is 2. The van der Waals surface area contributed by atoms with Gasteiger partial charge >= 0.3 is 0 Å². The zero-order valence-electron chi connectivity index (χ0n) is 6.24. The first-order chi connectivity index (χ1) is 4.71. The number of rotatable bonds is 0. The van der Waals surface area contributed by atoms with Crippen LogP contribution in [0.2, 0.25) is 0 Å². The quantitative estimate of drug-likeness (QED) is 0.564. The van der Waals surface area contributed by atoms with Gasteiger partial charge in [-0.2, -0.15) is 0 Å². The van der Waals surface area contributed by atoms with Gasteiger partial charge in [-0.3, -0.25) is 0 Å². The summed E-state index contributed by atoms with van der Waals surface area (Å²) in [5.41, 5.74) is 0. The summed E-state index contributed by atoms with van der Waals surface area (Å²) < 4.78 is 24.4.